The first kappa shape index (κ1) is 15.3. The van der Waals surface area contributed by atoms with Crippen molar-refractivity contribution in [1.82, 2.24) is 10.2 Å². The van der Waals surface area contributed by atoms with Gasteiger partial charge in [0.05, 0.1) is 13.2 Å². The van der Waals surface area contributed by atoms with Crippen LogP contribution in [0.15, 0.2) is 0 Å². The summed E-state index contributed by atoms with van der Waals surface area (Å²) in [6.45, 7) is 14.7. The summed E-state index contributed by atoms with van der Waals surface area (Å²) in [5.41, 5.74) is 0.460. The fraction of sp³-hybridized carbons (Fsp3) is 0.929. The molecule has 0 spiro atoms. The second kappa shape index (κ2) is 5.91. The van der Waals surface area contributed by atoms with E-state index in [-0.39, 0.29) is 16.9 Å². The van der Waals surface area contributed by atoms with Crippen molar-refractivity contribution in [1.29, 1.82) is 0 Å². The number of carbonyl (C=O) groups is 1. The molecule has 4 heteroatoms. The minimum Gasteiger partial charge on any atom is -0.378 e. The first-order valence-corrected chi connectivity index (χ1v) is 6.84. The van der Waals surface area contributed by atoms with E-state index in [0.29, 0.717) is 26.3 Å². The van der Waals surface area contributed by atoms with Crippen LogP contribution in [0.5, 0.6) is 0 Å². The van der Waals surface area contributed by atoms with Gasteiger partial charge >= 0.3 is 6.03 Å². The smallest absolute Gasteiger partial charge is 0.317 e. The molecule has 0 saturated carbocycles. The lowest BCUT2D eigenvalue weighted by Gasteiger charge is -2.39. The molecule has 4 nitrogen and oxygen atoms in total. The van der Waals surface area contributed by atoms with E-state index in [1.54, 1.807) is 0 Å². The molecule has 1 saturated heterocycles. The summed E-state index contributed by atoms with van der Waals surface area (Å²) in [5, 5.41) is 3.01. The summed E-state index contributed by atoms with van der Waals surface area (Å²) < 4.78 is 5.23. The predicted octanol–water partition coefficient (Wildman–Crippen LogP) is 2.49. The third-order valence-corrected chi connectivity index (χ3v) is 4.35. The maximum atomic E-state index is 11.9. The summed E-state index contributed by atoms with van der Waals surface area (Å²) in [7, 11) is 0. The number of carbonyl (C=O) groups excluding carboxylic acids is 1. The van der Waals surface area contributed by atoms with Crippen molar-refractivity contribution in [2.45, 2.75) is 41.0 Å². The molecular formula is C14H28N2O2. The predicted molar refractivity (Wildman–Crippen MR) is 73.6 cm³/mol. The van der Waals surface area contributed by atoms with Crippen molar-refractivity contribution in [2.24, 2.45) is 10.8 Å². The van der Waals surface area contributed by atoms with Gasteiger partial charge in [-0.25, -0.2) is 4.79 Å². The molecule has 1 heterocycles. The Morgan fingerprint density at radius 3 is 2.22 bits per heavy atom. The van der Waals surface area contributed by atoms with Gasteiger partial charge in [0.25, 0.3) is 0 Å². The van der Waals surface area contributed by atoms with E-state index in [0.717, 1.165) is 13.0 Å². The number of hydrogen-bond acceptors (Lipinski definition) is 2. The number of rotatable bonds is 3. The monoisotopic (exact) mass is 256 g/mol. The lowest BCUT2D eigenvalue weighted by molar-refractivity contribution is 0.0525. The van der Waals surface area contributed by atoms with Gasteiger partial charge in [0.15, 0.2) is 0 Å². The van der Waals surface area contributed by atoms with Gasteiger partial charge in [0, 0.05) is 19.6 Å². The number of amides is 2. The molecule has 2 amide bonds. The second-order valence-electron chi connectivity index (χ2n) is 6.72. The lowest BCUT2D eigenvalue weighted by atomic mass is 9.67. The highest BCUT2D eigenvalue weighted by atomic mass is 16.5. The number of hydrogen-bond donors (Lipinski definition) is 1. The Morgan fingerprint density at radius 1 is 1.17 bits per heavy atom. The topological polar surface area (TPSA) is 41.6 Å². The van der Waals surface area contributed by atoms with Crippen LogP contribution in [0.4, 0.5) is 4.79 Å². The Bertz CT molecular complexity index is 276. The van der Waals surface area contributed by atoms with Crippen LogP contribution in [0.2, 0.25) is 0 Å². The van der Waals surface area contributed by atoms with Crippen LogP contribution in [-0.2, 0) is 4.74 Å². The third-order valence-electron chi connectivity index (χ3n) is 4.35. The standard InChI is InChI=1S/C14H28N2O2/c1-13(2,3)14(4,5)6-7-15-12(17)16-8-10-18-11-9-16/h6-11H2,1-5H3,(H,15,17). The van der Waals surface area contributed by atoms with E-state index >= 15 is 0 Å². The summed E-state index contributed by atoms with van der Waals surface area (Å²) in [6.07, 6.45) is 0.993. The fourth-order valence-corrected chi connectivity index (χ4v) is 1.74. The lowest BCUT2D eigenvalue weighted by Crippen LogP contribution is -2.47. The molecule has 106 valence electrons. The van der Waals surface area contributed by atoms with Crippen LogP contribution in [-0.4, -0.2) is 43.8 Å². The average molecular weight is 256 g/mol. The minimum absolute atomic E-state index is 0.0445. The average Bonchev–Trinajstić information content (AvgIpc) is 2.28. The van der Waals surface area contributed by atoms with E-state index in [4.69, 9.17) is 4.74 Å². The first-order chi connectivity index (χ1) is 8.24. The molecule has 0 aromatic carbocycles. The van der Waals surface area contributed by atoms with Gasteiger partial charge in [-0.2, -0.15) is 0 Å². The van der Waals surface area contributed by atoms with Crippen LogP contribution < -0.4 is 5.32 Å². The van der Waals surface area contributed by atoms with Crippen molar-refractivity contribution in [3.8, 4) is 0 Å². The zero-order valence-corrected chi connectivity index (χ0v) is 12.5. The molecule has 1 N–H and O–H groups in total. The van der Waals surface area contributed by atoms with Gasteiger partial charge in [-0.1, -0.05) is 34.6 Å². The fourth-order valence-electron chi connectivity index (χ4n) is 1.74. The molecule has 1 rings (SSSR count). The molecule has 1 aliphatic heterocycles. The van der Waals surface area contributed by atoms with Crippen molar-refractivity contribution in [3.63, 3.8) is 0 Å². The molecule has 1 fully saturated rings. The molecular weight excluding hydrogens is 228 g/mol. The van der Waals surface area contributed by atoms with E-state index in [2.05, 4.69) is 39.9 Å². The van der Waals surface area contributed by atoms with Gasteiger partial charge in [0.2, 0.25) is 0 Å². The number of nitrogens with zero attached hydrogens (tertiary/aromatic N) is 1. The van der Waals surface area contributed by atoms with Gasteiger partial charge in [-0.05, 0) is 17.3 Å². The van der Waals surface area contributed by atoms with Crippen LogP contribution in [0.3, 0.4) is 0 Å². The number of nitrogens with one attached hydrogen (secondary N) is 1. The molecule has 18 heavy (non-hydrogen) atoms. The summed E-state index contributed by atoms with van der Waals surface area (Å²) in [5.74, 6) is 0. The quantitative estimate of drug-likeness (QED) is 0.843. The normalized spacial score (nSPS) is 17.7. The molecule has 0 aliphatic carbocycles. The number of ether oxygens (including phenoxy) is 1. The summed E-state index contributed by atoms with van der Waals surface area (Å²) in [4.78, 5) is 13.7. The van der Waals surface area contributed by atoms with Gasteiger partial charge < -0.3 is 15.0 Å². The van der Waals surface area contributed by atoms with E-state index in [9.17, 15) is 4.79 Å². The van der Waals surface area contributed by atoms with Crippen molar-refractivity contribution in [2.75, 3.05) is 32.8 Å². The highest BCUT2D eigenvalue weighted by molar-refractivity contribution is 5.74. The molecule has 0 atom stereocenters. The maximum Gasteiger partial charge on any atom is 0.317 e. The Kier molecular flexibility index (Phi) is 5.02. The number of urea groups is 1. The zero-order chi connectivity index (χ0) is 13.8. The van der Waals surface area contributed by atoms with Crippen molar-refractivity contribution < 1.29 is 9.53 Å². The Hall–Kier alpha value is -0.770. The first-order valence-electron chi connectivity index (χ1n) is 6.84. The molecule has 1 aliphatic rings. The highest BCUT2D eigenvalue weighted by Gasteiger charge is 2.32. The summed E-state index contributed by atoms with van der Waals surface area (Å²) >= 11 is 0. The molecule has 0 aromatic heterocycles. The van der Waals surface area contributed by atoms with Gasteiger partial charge in [-0.15, -0.1) is 0 Å². The van der Waals surface area contributed by atoms with Crippen LogP contribution >= 0.6 is 0 Å². The SMILES string of the molecule is CC(C)(C)C(C)(C)CCNC(=O)N1CCOCC1. The van der Waals surface area contributed by atoms with Gasteiger partial charge in [0.1, 0.15) is 0 Å². The van der Waals surface area contributed by atoms with E-state index in [1.165, 1.54) is 0 Å². The van der Waals surface area contributed by atoms with Crippen molar-refractivity contribution in [3.05, 3.63) is 0 Å². The minimum atomic E-state index is 0.0445. The van der Waals surface area contributed by atoms with Crippen LogP contribution in [0.25, 0.3) is 0 Å². The van der Waals surface area contributed by atoms with E-state index < -0.39 is 0 Å². The van der Waals surface area contributed by atoms with Crippen LogP contribution in [0.1, 0.15) is 41.0 Å². The maximum absolute atomic E-state index is 11.9. The molecule has 0 aromatic rings. The Morgan fingerprint density at radius 2 is 1.72 bits per heavy atom. The molecule has 0 bridgehead atoms. The largest absolute Gasteiger partial charge is 0.378 e. The Balaban J connectivity index is 2.31. The van der Waals surface area contributed by atoms with E-state index in [1.807, 2.05) is 4.90 Å². The molecule has 0 radical (unpaired) electrons. The summed E-state index contributed by atoms with van der Waals surface area (Å²) in [6, 6.07) is 0.0445. The third kappa shape index (κ3) is 4.16. The van der Waals surface area contributed by atoms with Gasteiger partial charge in [-0.3, -0.25) is 0 Å². The molecule has 0 unspecified atom stereocenters. The highest BCUT2D eigenvalue weighted by Crippen LogP contribution is 2.40. The van der Waals surface area contributed by atoms with Crippen molar-refractivity contribution >= 4 is 6.03 Å². The second-order valence-corrected chi connectivity index (χ2v) is 6.72. The number of morpholine rings is 1. The Labute approximate surface area is 111 Å². The zero-order valence-electron chi connectivity index (χ0n) is 12.5. The van der Waals surface area contributed by atoms with Crippen LogP contribution in [0, 0.1) is 10.8 Å².